The van der Waals surface area contributed by atoms with Crippen molar-refractivity contribution in [3.8, 4) is 11.5 Å². The largest absolute Gasteiger partial charge is 0.489 e. The van der Waals surface area contributed by atoms with Crippen molar-refractivity contribution in [2.45, 2.75) is 6.42 Å². The Morgan fingerprint density at radius 2 is 2.00 bits per heavy atom. The highest BCUT2D eigenvalue weighted by molar-refractivity contribution is 5.39. The van der Waals surface area contributed by atoms with Gasteiger partial charge < -0.3 is 9.47 Å². The molecule has 63 valence electrons. The van der Waals surface area contributed by atoms with Gasteiger partial charge in [-0.05, 0) is 6.92 Å². The summed E-state index contributed by atoms with van der Waals surface area (Å²) < 4.78 is 10.8. The normalized spacial score (nSPS) is 15.4. The number of ether oxygens (including phenoxy) is 2. The molecule has 0 saturated heterocycles. The van der Waals surface area contributed by atoms with Crippen molar-refractivity contribution in [3.05, 3.63) is 24.9 Å². The molecule has 0 saturated carbocycles. The Morgan fingerprint density at radius 1 is 1.25 bits per heavy atom. The second-order valence-electron chi connectivity index (χ2n) is 2.67. The maximum Gasteiger partial charge on any atom is 0.179 e. The van der Waals surface area contributed by atoms with Crippen molar-refractivity contribution < 1.29 is 9.47 Å². The van der Waals surface area contributed by atoms with E-state index in [0.717, 1.165) is 17.9 Å². The van der Waals surface area contributed by atoms with Crippen molar-refractivity contribution in [2.24, 2.45) is 0 Å². The monoisotopic (exact) mass is 164 g/mol. The van der Waals surface area contributed by atoms with Gasteiger partial charge in [0.15, 0.2) is 11.5 Å². The molecule has 0 fully saturated rings. The molecule has 0 bridgehead atoms. The zero-order valence-corrected chi connectivity index (χ0v) is 6.75. The van der Waals surface area contributed by atoms with Crippen molar-refractivity contribution in [1.82, 2.24) is 4.98 Å². The molecule has 1 aliphatic heterocycles. The molecule has 0 N–H and O–H groups in total. The fourth-order valence-electron chi connectivity index (χ4n) is 1.11. The van der Waals surface area contributed by atoms with Gasteiger partial charge in [0.2, 0.25) is 0 Å². The molecular weight excluding hydrogens is 154 g/mol. The molecule has 0 unspecified atom stereocenters. The van der Waals surface area contributed by atoms with Crippen LogP contribution in [0.25, 0.3) is 0 Å². The summed E-state index contributed by atoms with van der Waals surface area (Å²) in [7, 11) is 0. The summed E-state index contributed by atoms with van der Waals surface area (Å²) in [4.78, 5) is 4.02. The highest BCUT2D eigenvalue weighted by atomic mass is 16.5. The van der Waals surface area contributed by atoms with Crippen LogP contribution in [0, 0.1) is 6.92 Å². The molecule has 0 aromatic carbocycles. The van der Waals surface area contributed by atoms with E-state index in [-0.39, 0.29) is 0 Å². The van der Waals surface area contributed by atoms with E-state index < -0.39 is 0 Å². The number of hydrogen-bond acceptors (Lipinski definition) is 3. The number of nitrogens with zero attached hydrogens (tertiary/aromatic N) is 1. The van der Waals surface area contributed by atoms with E-state index in [1.807, 2.05) is 0 Å². The first kappa shape index (κ1) is 7.40. The van der Waals surface area contributed by atoms with Gasteiger partial charge >= 0.3 is 0 Å². The van der Waals surface area contributed by atoms with E-state index in [9.17, 15) is 0 Å². The maximum absolute atomic E-state index is 5.42. The summed E-state index contributed by atoms with van der Waals surface area (Å²) in [6.07, 6.45) is 2.57. The van der Waals surface area contributed by atoms with Gasteiger partial charge in [-0.1, -0.05) is 0 Å². The van der Waals surface area contributed by atoms with Gasteiger partial charge in [0.1, 0.15) is 0 Å². The minimum absolute atomic E-state index is 0.700. The van der Waals surface area contributed by atoms with Crippen molar-refractivity contribution in [3.63, 3.8) is 0 Å². The lowest BCUT2D eigenvalue weighted by Crippen LogP contribution is -1.97. The first-order valence-corrected chi connectivity index (χ1v) is 3.94. The Bertz CT molecular complexity index is 286. The Hall–Kier alpha value is -1.25. The standard InChI is InChI=1S/C9H10NO2/c1-7-5-8-9(6-10-7)12-4-2-3-11-8/h5-6H,1-4H2. The molecule has 0 aliphatic carbocycles. The quantitative estimate of drug-likeness (QED) is 0.581. The number of pyridine rings is 1. The van der Waals surface area contributed by atoms with Crippen molar-refractivity contribution in [1.29, 1.82) is 0 Å². The summed E-state index contributed by atoms with van der Waals surface area (Å²) in [6.45, 7) is 5.12. The first-order valence-electron chi connectivity index (χ1n) is 3.94. The van der Waals surface area contributed by atoms with Crippen LogP contribution in [0.2, 0.25) is 0 Å². The van der Waals surface area contributed by atoms with Gasteiger partial charge in [-0.25, -0.2) is 0 Å². The van der Waals surface area contributed by atoms with Crippen LogP contribution in [0.3, 0.4) is 0 Å². The topological polar surface area (TPSA) is 31.4 Å². The summed E-state index contributed by atoms with van der Waals surface area (Å²) in [5.41, 5.74) is 0.708. The first-order chi connectivity index (χ1) is 5.86. The van der Waals surface area contributed by atoms with Gasteiger partial charge in [0, 0.05) is 18.2 Å². The van der Waals surface area contributed by atoms with E-state index in [0.29, 0.717) is 18.9 Å². The highest BCUT2D eigenvalue weighted by Gasteiger charge is 2.09. The lowest BCUT2D eigenvalue weighted by Gasteiger charge is -2.05. The van der Waals surface area contributed by atoms with Crippen LogP contribution in [0.4, 0.5) is 0 Å². The Balaban J connectivity index is 2.36. The molecule has 0 spiro atoms. The van der Waals surface area contributed by atoms with Crippen LogP contribution in [0.5, 0.6) is 11.5 Å². The number of aromatic nitrogens is 1. The van der Waals surface area contributed by atoms with Crippen LogP contribution in [-0.4, -0.2) is 18.2 Å². The minimum Gasteiger partial charge on any atom is -0.489 e. The number of hydrogen-bond donors (Lipinski definition) is 0. The predicted molar refractivity (Wildman–Crippen MR) is 44.3 cm³/mol. The average Bonchev–Trinajstić information content (AvgIpc) is 2.28. The SMILES string of the molecule is [CH2]c1cc2c(cn1)OCCCO2. The lowest BCUT2D eigenvalue weighted by atomic mass is 10.3. The second-order valence-corrected chi connectivity index (χ2v) is 2.67. The molecule has 2 heterocycles. The van der Waals surface area contributed by atoms with Crippen molar-refractivity contribution >= 4 is 0 Å². The molecule has 1 radical (unpaired) electrons. The third-order valence-electron chi connectivity index (χ3n) is 1.69. The zero-order valence-electron chi connectivity index (χ0n) is 6.75. The number of fused-ring (bicyclic) bond motifs is 1. The highest BCUT2D eigenvalue weighted by Crippen LogP contribution is 2.28. The molecule has 3 heteroatoms. The molecule has 12 heavy (non-hydrogen) atoms. The van der Waals surface area contributed by atoms with Gasteiger partial charge in [-0.15, -0.1) is 0 Å². The van der Waals surface area contributed by atoms with E-state index in [1.165, 1.54) is 0 Å². The molecule has 1 aliphatic rings. The van der Waals surface area contributed by atoms with E-state index in [4.69, 9.17) is 9.47 Å². The molecular formula is C9H10NO2. The maximum atomic E-state index is 5.42. The predicted octanol–water partition coefficient (Wildman–Crippen LogP) is 1.43. The molecule has 1 aromatic rings. The van der Waals surface area contributed by atoms with E-state index in [2.05, 4.69) is 11.9 Å². The Morgan fingerprint density at radius 3 is 2.83 bits per heavy atom. The van der Waals surface area contributed by atoms with Gasteiger partial charge in [0.05, 0.1) is 19.4 Å². The summed E-state index contributed by atoms with van der Waals surface area (Å²) in [5, 5.41) is 0. The molecule has 2 rings (SSSR count). The van der Waals surface area contributed by atoms with Crippen LogP contribution in [-0.2, 0) is 0 Å². The average molecular weight is 164 g/mol. The van der Waals surface area contributed by atoms with Gasteiger partial charge in [0.25, 0.3) is 0 Å². The lowest BCUT2D eigenvalue weighted by molar-refractivity contribution is 0.296. The van der Waals surface area contributed by atoms with Crippen molar-refractivity contribution in [2.75, 3.05) is 13.2 Å². The molecule has 1 aromatic heterocycles. The zero-order chi connectivity index (χ0) is 8.39. The van der Waals surface area contributed by atoms with Crippen LogP contribution in [0.15, 0.2) is 12.3 Å². The smallest absolute Gasteiger partial charge is 0.179 e. The fourth-order valence-corrected chi connectivity index (χ4v) is 1.11. The third kappa shape index (κ3) is 1.35. The number of rotatable bonds is 0. The summed E-state index contributed by atoms with van der Waals surface area (Å²) in [5.74, 6) is 1.48. The van der Waals surface area contributed by atoms with E-state index in [1.54, 1.807) is 12.3 Å². The van der Waals surface area contributed by atoms with Gasteiger partial charge in [-0.2, -0.15) is 0 Å². The van der Waals surface area contributed by atoms with Crippen LogP contribution in [0.1, 0.15) is 12.1 Å². The molecule has 0 amide bonds. The van der Waals surface area contributed by atoms with Gasteiger partial charge in [-0.3, -0.25) is 4.98 Å². The molecule has 3 nitrogen and oxygen atoms in total. The second kappa shape index (κ2) is 3.01. The Kier molecular flexibility index (Phi) is 1.86. The molecule has 0 atom stereocenters. The Labute approximate surface area is 71.3 Å². The van der Waals surface area contributed by atoms with Crippen LogP contribution < -0.4 is 9.47 Å². The summed E-state index contributed by atoms with van der Waals surface area (Å²) >= 11 is 0. The van der Waals surface area contributed by atoms with Crippen LogP contribution >= 0.6 is 0 Å². The summed E-state index contributed by atoms with van der Waals surface area (Å²) in [6, 6.07) is 1.79. The fraction of sp³-hybridized carbons (Fsp3) is 0.333. The van der Waals surface area contributed by atoms with E-state index >= 15 is 0 Å². The third-order valence-corrected chi connectivity index (χ3v) is 1.69. The minimum atomic E-state index is 0.700.